The number of amides is 1. The van der Waals surface area contributed by atoms with E-state index >= 15 is 0 Å². The number of alkyl halides is 4. The van der Waals surface area contributed by atoms with Crippen LogP contribution in [-0.2, 0) is 30.3 Å². The number of carbonyl (C=O) groups is 3. The van der Waals surface area contributed by atoms with Gasteiger partial charge in [-0.1, -0.05) is 37.3 Å². The SMILES string of the molecule is COC(=O)C(Cc1ccccc1)NC(=O)C(C)C(OC)[C@@H]1C[C@H](F)CN1.O=C(O)C(F)(F)F. The first-order valence-electron chi connectivity index (χ1n) is 10.0. The van der Waals surface area contributed by atoms with Crippen molar-refractivity contribution >= 4 is 17.8 Å². The molecular formula is C21H28F4N2O6. The Labute approximate surface area is 188 Å². The van der Waals surface area contributed by atoms with Crippen molar-refractivity contribution in [3.05, 3.63) is 35.9 Å². The molecule has 2 rings (SSSR count). The second-order valence-electron chi connectivity index (χ2n) is 7.41. The summed E-state index contributed by atoms with van der Waals surface area (Å²) < 4.78 is 55.5. The normalized spacial score (nSPS) is 20.6. The summed E-state index contributed by atoms with van der Waals surface area (Å²) in [4.78, 5) is 33.7. The van der Waals surface area contributed by atoms with Crippen LogP contribution in [-0.4, -0.2) is 74.3 Å². The summed E-state index contributed by atoms with van der Waals surface area (Å²) in [7, 11) is 2.79. The third-order valence-corrected chi connectivity index (χ3v) is 5.01. The van der Waals surface area contributed by atoms with E-state index in [0.29, 0.717) is 12.8 Å². The molecule has 1 saturated heterocycles. The van der Waals surface area contributed by atoms with Crippen LogP contribution in [0, 0.1) is 5.92 Å². The molecular weight excluding hydrogens is 452 g/mol. The lowest BCUT2D eigenvalue weighted by Gasteiger charge is -2.28. The van der Waals surface area contributed by atoms with Gasteiger partial charge >= 0.3 is 18.1 Å². The zero-order valence-corrected chi connectivity index (χ0v) is 18.4. The molecule has 5 atom stereocenters. The van der Waals surface area contributed by atoms with Crippen LogP contribution in [0.4, 0.5) is 17.6 Å². The van der Waals surface area contributed by atoms with E-state index in [1.165, 1.54) is 14.2 Å². The number of carboxylic acids is 1. The number of nitrogens with one attached hydrogen (secondary N) is 2. The van der Waals surface area contributed by atoms with Gasteiger partial charge < -0.3 is 25.2 Å². The third kappa shape index (κ3) is 9.34. The van der Waals surface area contributed by atoms with E-state index < -0.39 is 42.4 Å². The number of hydrogen-bond donors (Lipinski definition) is 3. The fourth-order valence-corrected chi connectivity index (χ4v) is 3.33. The van der Waals surface area contributed by atoms with E-state index in [1.807, 2.05) is 30.3 Å². The van der Waals surface area contributed by atoms with Crippen molar-refractivity contribution in [2.45, 2.75) is 50.3 Å². The van der Waals surface area contributed by atoms with Gasteiger partial charge in [-0.25, -0.2) is 14.0 Å². The highest BCUT2D eigenvalue weighted by Gasteiger charge is 2.38. The first-order valence-corrected chi connectivity index (χ1v) is 10.0. The van der Waals surface area contributed by atoms with E-state index in [0.717, 1.165) is 5.56 Å². The van der Waals surface area contributed by atoms with Crippen molar-refractivity contribution in [3.63, 3.8) is 0 Å². The summed E-state index contributed by atoms with van der Waals surface area (Å²) in [6, 6.07) is 8.36. The Kier molecular flexibility index (Phi) is 11.2. The third-order valence-electron chi connectivity index (χ3n) is 5.01. The Morgan fingerprint density at radius 3 is 2.21 bits per heavy atom. The lowest BCUT2D eigenvalue weighted by Crippen LogP contribution is -2.50. The molecule has 0 bridgehead atoms. The number of rotatable bonds is 8. The molecule has 1 heterocycles. The van der Waals surface area contributed by atoms with Gasteiger partial charge in [-0.3, -0.25) is 4.79 Å². The minimum Gasteiger partial charge on any atom is -0.475 e. The van der Waals surface area contributed by atoms with Crippen molar-refractivity contribution < 1.29 is 46.5 Å². The van der Waals surface area contributed by atoms with Gasteiger partial charge in [-0.05, 0) is 12.0 Å². The molecule has 1 aromatic rings. The Morgan fingerprint density at radius 1 is 1.21 bits per heavy atom. The molecule has 12 heteroatoms. The van der Waals surface area contributed by atoms with E-state index in [1.54, 1.807) is 6.92 Å². The molecule has 186 valence electrons. The van der Waals surface area contributed by atoms with Crippen LogP contribution in [0.1, 0.15) is 18.9 Å². The number of esters is 1. The van der Waals surface area contributed by atoms with Gasteiger partial charge in [0.05, 0.1) is 19.1 Å². The van der Waals surface area contributed by atoms with Gasteiger partial charge in [0.2, 0.25) is 5.91 Å². The number of hydrogen-bond acceptors (Lipinski definition) is 6. The van der Waals surface area contributed by atoms with Crippen LogP contribution in [0.15, 0.2) is 30.3 Å². The molecule has 1 aromatic carbocycles. The molecule has 1 fully saturated rings. The fourth-order valence-electron chi connectivity index (χ4n) is 3.33. The van der Waals surface area contributed by atoms with Gasteiger partial charge in [-0.2, -0.15) is 13.2 Å². The highest BCUT2D eigenvalue weighted by atomic mass is 19.4. The summed E-state index contributed by atoms with van der Waals surface area (Å²) in [6.45, 7) is 1.98. The molecule has 1 aliphatic rings. The quantitative estimate of drug-likeness (QED) is 0.385. The van der Waals surface area contributed by atoms with Crippen LogP contribution in [0.3, 0.4) is 0 Å². The molecule has 1 amide bonds. The standard InChI is InChI=1S/C19H27FN2O4.C2HF3O2/c1-12(17(25-2)15-10-14(20)11-21-15)18(23)22-16(19(24)26-3)9-13-7-5-4-6-8-13;3-2(4,5)1(6)7/h4-8,12,14-17,21H,9-11H2,1-3H3,(H,22,23);(H,6,7)/t12?,14-,15-,16?,17?;/m0./s1. The summed E-state index contributed by atoms with van der Waals surface area (Å²) >= 11 is 0. The monoisotopic (exact) mass is 480 g/mol. The van der Waals surface area contributed by atoms with E-state index in [-0.39, 0.29) is 18.5 Å². The number of carbonyl (C=O) groups excluding carboxylic acids is 2. The van der Waals surface area contributed by atoms with Crippen LogP contribution in [0.25, 0.3) is 0 Å². The average molecular weight is 480 g/mol. The fraction of sp³-hybridized carbons (Fsp3) is 0.571. The largest absolute Gasteiger partial charge is 0.490 e. The molecule has 3 N–H and O–H groups in total. The van der Waals surface area contributed by atoms with Crippen molar-refractivity contribution in [1.82, 2.24) is 10.6 Å². The second-order valence-corrected chi connectivity index (χ2v) is 7.41. The number of carboxylic acid groups (broad SMARTS) is 1. The van der Waals surface area contributed by atoms with E-state index in [4.69, 9.17) is 19.4 Å². The highest BCUT2D eigenvalue weighted by Crippen LogP contribution is 2.21. The molecule has 0 saturated carbocycles. The van der Waals surface area contributed by atoms with Gasteiger partial charge in [-0.15, -0.1) is 0 Å². The minimum atomic E-state index is -5.08. The van der Waals surface area contributed by atoms with Gasteiger partial charge in [0.25, 0.3) is 0 Å². The van der Waals surface area contributed by atoms with Crippen LogP contribution in [0.5, 0.6) is 0 Å². The molecule has 33 heavy (non-hydrogen) atoms. The highest BCUT2D eigenvalue weighted by molar-refractivity contribution is 5.86. The Bertz CT molecular complexity index is 778. The number of ether oxygens (including phenoxy) is 2. The lowest BCUT2D eigenvalue weighted by atomic mass is 9.94. The molecule has 0 aliphatic carbocycles. The van der Waals surface area contributed by atoms with E-state index in [2.05, 4.69) is 10.6 Å². The number of aliphatic carboxylic acids is 1. The summed E-state index contributed by atoms with van der Waals surface area (Å²) in [5.74, 6) is -4.14. The maximum atomic E-state index is 13.5. The zero-order chi connectivity index (χ0) is 25.2. The maximum absolute atomic E-state index is 13.5. The van der Waals surface area contributed by atoms with Crippen molar-refractivity contribution in [2.75, 3.05) is 20.8 Å². The molecule has 0 aromatic heterocycles. The summed E-state index contributed by atoms with van der Waals surface area (Å²) in [6.07, 6.45) is -5.86. The summed E-state index contributed by atoms with van der Waals surface area (Å²) in [5.41, 5.74) is 0.914. The maximum Gasteiger partial charge on any atom is 0.490 e. The topological polar surface area (TPSA) is 114 Å². The second kappa shape index (κ2) is 13.1. The first-order chi connectivity index (χ1) is 15.4. The Balaban J connectivity index is 0.000000675. The van der Waals surface area contributed by atoms with Crippen molar-refractivity contribution in [3.8, 4) is 0 Å². The number of methoxy groups -OCH3 is 2. The number of halogens is 4. The van der Waals surface area contributed by atoms with Gasteiger partial charge in [0.15, 0.2) is 0 Å². The molecule has 8 nitrogen and oxygen atoms in total. The van der Waals surface area contributed by atoms with Crippen molar-refractivity contribution in [1.29, 1.82) is 0 Å². The van der Waals surface area contributed by atoms with E-state index in [9.17, 15) is 27.2 Å². The molecule has 0 spiro atoms. The zero-order valence-electron chi connectivity index (χ0n) is 18.4. The summed E-state index contributed by atoms with van der Waals surface area (Å²) in [5, 5.41) is 12.9. The Hall–Kier alpha value is -2.73. The van der Waals surface area contributed by atoms with Gasteiger partial charge in [0, 0.05) is 26.1 Å². The average Bonchev–Trinajstić information content (AvgIpc) is 3.19. The van der Waals surface area contributed by atoms with Gasteiger partial charge in [0.1, 0.15) is 12.2 Å². The van der Waals surface area contributed by atoms with Crippen LogP contribution < -0.4 is 10.6 Å². The van der Waals surface area contributed by atoms with Crippen molar-refractivity contribution in [2.24, 2.45) is 5.92 Å². The molecule has 0 radical (unpaired) electrons. The van der Waals surface area contributed by atoms with Crippen LogP contribution in [0.2, 0.25) is 0 Å². The first kappa shape index (κ1) is 28.3. The molecule has 1 aliphatic heterocycles. The Morgan fingerprint density at radius 2 is 1.79 bits per heavy atom. The predicted octanol–water partition coefficient (Wildman–Crippen LogP) is 1.87. The minimum absolute atomic E-state index is 0.235. The van der Waals surface area contributed by atoms with Crippen LogP contribution >= 0.6 is 0 Å². The number of benzene rings is 1. The predicted molar refractivity (Wildman–Crippen MR) is 109 cm³/mol. The lowest BCUT2D eigenvalue weighted by molar-refractivity contribution is -0.192. The smallest absolute Gasteiger partial charge is 0.475 e. The molecule has 3 unspecified atom stereocenters.